The molecule has 0 amide bonds. The van der Waals surface area contributed by atoms with E-state index in [0.717, 1.165) is 18.3 Å². The molecule has 2 aromatic heterocycles. The second-order valence-electron chi connectivity index (χ2n) is 8.15. The van der Waals surface area contributed by atoms with E-state index in [0.29, 0.717) is 30.3 Å². The Balaban J connectivity index is 0.000000444. The van der Waals surface area contributed by atoms with Crippen molar-refractivity contribution in [2.45, 2.75) is 86.2 Å². The predicted molar refractivity (Wildman–Crippen MR) is 122 cm³/mol. The fourth-order valence-corrected chi connectivity index (χ4v) is 3.39. The van der Waals surface area contributed by atoms with Crippen LogP contribution in [-0.4, -0.2) is 34.7 Å². The summed E-state index contributed by atoms with van der Waals surface area (Å²) in [4.78, 5) is 17.3. The van der Waals surface area contributed by atoms with Crippen molar-refractivity contribution in [2.24, 2.45) is 11.8 Å². The van der Waals surface area contributed by atoms with Crippen molar-refractivity contribution in [3.8, 4) is 0 Å². The average Bonchev–Trinajstić information content (AvgIpc) is 3.43. The molecule has 3 rings (SSSR count). The molecular formula is C22H40N4O3S. The third-order valence-corrected chi connectivity index (χ3v) is 4.60. The van der Waals surface area contributed by atoms with Crippen LogP contribution in [0.25, 0.3) is 0 Å². The highest BCUT2D eigenvalue weighted by Crippen LogP contribution is 2.29. The zero-order valence-electron chi connectivity index (χ0n) is 19.8. The molecule has 0 saturated carbocycles. The number of methoxy groups -OCH3 is 1. The van der Waals surface area contributed by atoms with Crippen LogP contribution in [0.2, 0.25) is 0 Å². The molecule has 1 aliphatic rings. The Morgan fingerprint density at radius 1 is 1.30 bits per heavy atom. The molecule has 0 bridgehead atoms. The molecule has 1 aliphatic heterocycles. The molecule has 8 heteroatoms. The normalized spacial score (nSPS) is 17.3. The topological polar surface area (TPSA) is 90.1 Å². The van der Waals surface area contributed by atoms with E-state index in [-0.39, 0.29) is 0 Å². The minimum Gasteiger partial charge on any atom is -0.471 e. The van der Waals surface area contributed by atoms with E-state index >= 15 is 0 Å². The van der Waals surface area contributed by atoms with Crippen molar-refractivity contribution in [1.82, 2.24) is 20.4 Å². The van der Waals surface area contributed by atoms with Gasteiger partial charge in [0.2, 0.25) is 5.89 Å². The molecule has 0 aliphatic carbocycles. The van der Waals surface area contributed by atoms with Gasteiger partial charge in [0.1, 0.15) is 5.01 Å². The van der Waals surface area contributed by atoms with Crippen molar-refractivity contribution in [2.75, 3.05) is 7.11 Å². The van der Waals surface area contributed by atoms with Crippen LogP contribution < -0.4 is 5.32 Å². The number of thiazole rings is 1. The number of rotatable bonds is 5. The van der Waals surface area contributed by atoms with Crippen LogP contribution in [-0.2, 0) is 16.0 Å². The average molecular weight is 441 g/mol. The van der Waals surface area contributed by atoms with Gasteiger partial charge in [0.05, 0.1) is 13.2 Å². The first-order valence-corrected chi connectivity index (χ1v) is 11.5. The van der Waals surface area contributed by atoms with E-state index in [9.17, 15) is 0 Å². The van der Waals surface area contributed by atoms with Crippen LogP contribution in [0.3, 0.4) is 0 Å². The van der Waals surface area contributed by atoms with Gasteiger partial charge >= 0.3 is 0 Å². The quantitative estimate of drug-likeness (QED) is 0.625. The first-order valence-electron chi connectivity index (χ1n) is 10.6. The van der Waals surface area contributed by atoms with Crippen LogP contribution in [0.15, 0.2) is 16.1 Å². The highest BCUT2D eigenvalue weighted by Gasteiger charge is 2.26. The first-order chi connectivity index (χ1) is 14.2. The molecule has 1 N–H and O–H groups in total. The summed E-state index contributed by atoms with van der Waals surface area (Å²) in [6.07, 6.45) is 6.58. The summed E-state index contributed by atoms with van der Waals surface area (Å²) in [7, 11) is 1.31. The van der Waals surface area contributed by atoms with Crippen molar-refractivity contribution < 1.29 is 14.1 Å². The maximum absolute atomic E-state index is 8.95. The van der Waals surface area contributed by atoms with E-state index in [1.165, 1.54) is 31.4 Å². The van der Waals surface area contributed by atoms with Crippen LogP contribution in [0.1, 0.15) is 83.6 Å². The van der Waals surface area contributed by atoms with Crippen molar-refractivity contribution in [3.05, 3.63) is 28.3 Å². The first kappa shape index (κ1) is 28.2. The number of hydrogen-bond acceptors (Lipinski definition) is 8. The molecule has 2 atom stereocenters. The minimum absolute atomic E-state index is 0.375. The van der Waals surface area contributed by atoms with E-state index in [1.807, 2.05) is 20.0 Å². The second kappa shape index (κ2) is 16.9. The lowest BCUT2D eigenvalue weighted by molar-refractivity contribution is -0.126. The van der Waals surface area contributed by atoms with E-state index < -0.39 is 0 Å². The van der Waals surface area contributed by atoms with Gasteiger partial charge in [-0.15, -0.1) is 11.3 Å². The number of aromatic nitrogens is 3. The van der Waals surface area contributed by atoms with Gasteiger partial charge in [-0.2, -0.15) is 4.98 Å². The van der Waals surface area contributed by atoms with Gasteiger partial charge < -0.3 is 14.6 Å². The molecule has 2 aromatic rings. The molecule has 0 radical (unpaired) electrons. The van der Waals surface area contributed by atoms with Gasteiger partial charge in [0.15, 0.2) is 5.82 Å². The highest BCUT2D eigenvalue weighted by atomic mass is 32.1. The SMILES string of the molecule is CC(C)C.CC(C)CC1CCC(c2nccs2)N1.CCc1nc(C)no1.COC=O. The number of carbonyl (C=O) groups excluding carboxylic acids is 1. The van der Waals surface area contributed by atoms with E-state index in [2.05, 4.69) is 65.2 Å². The van der Waals surface area contributed by atoms with Gasteiger partial charge in [-0.05, 0) is 38.0 Å². The zero-order chi connectivity index (χ0) is 22.9. The Kier molecular flexibility index (Phi) is 15.9. The number of nitrogens with zero attached hydrogens (tertiary/aromatic N) is 3. The monoisotopic (exact) mass is 440 g/mol. The van der Waals surface area contributed by atoms with Crippen LogP contribution in [0, 0.1) is 18.8 Å². The molecule has 1 fully saturated rings. The number of nitrogens with one attached hydrogen (secondary N) is 1. The lowest BCUT2D eigenvalue weighted by Crippen LogP contribution is -2.25. The van der Waals surface area contributed by atoms with Gasteiger partial charge in [0, 0.05) is 24.0 Å². The molecule has 3 heterocycles. The van der Waals surface area contributed by atoms with Crippen molar-refractivity contribution >= 4 is 17.8 Å². The summed E-state index contributed by atoms with van der Waals surface area (Å²) < 4.78 is 8.61. The number of ether oxygens (including phenoxy) is 1. The molecule has 2 unspecified atom stereocenters. The van der Waals surface area contributed by atoms with Crippen molar-refractivity contribution in [3.63, 3.8) is 0 Å². The van der Waals surface area contributed by atoms with Crippen LogP contribution in [0.5, 0.6) is 0 Å². The molecular weight excluding hydrogens is 400 g/mol. The molecule has 30 heavy (non-hydrogen) atoms. The second-order valence-corrected chi connectivity index (χ2v) is 9.07. The summed E-state index contributed by atoms with van der Waals surface area (Å²) in [5, 5.41) is 10.6. The molecule has 7 nitrogen and oxygen atoms in total. The van der Waals surface area contributed by atoms with Gasteiger partial charge in [-0.1, -0.05) is 46.7 Å². The third-order valence-electron chi connectivity index (χ3n) is 3.71. The maximum Gasteiger partial charge on any atom is 0.292 e. The summed E-state index contributed by atoms with van der Waals surface area (Å²) in [6.45, 7) is 15.2. The van der Waals surface area contributed by atoms with E-state index in [1.54, 1.807) is 11.3 Å². The minimum atomic E-state index is 0.375. The summed E-state index contributed by atoms with van der Waals surface area (Å²) in [5.41, 5.74) is 0. The number of hydrogen-bond donors (Lipinski definition) is 1. The van der Waals surface area contributed by atoms with Crippen molar-refractivity contribution in [1.29, 1.82) is 0 Å². The summed E-state index contributed by atoms with van der Waals surface area (Å²) in [5.74, 6) is 3.05. The Hall–Kier alpha value is -1.80. The Morgan fingerprint density at radius 2 is 1.93 bits per heavy atom. The fraction of sp³-hybridized carbons (Fsp3) is 0.727. The molecule has 0 spiro atoms. The standard InChI is InChI=1S/C11H18N2S.C5H8N2O.C4H10.C2H4O2/c1-8(2)7-9-3-4-10(13-9)11-12-5-6-14-11;1-3-5-6-4(2)7-8-5;1-4(2)3;1-4-2-3/h5-6,8-10,13H,3-4,7H2,1-2H3;3H2,1-2H3;4H,1-3H3;2H,1H3. The smallest absolute Gasteiger partial charge is 0.292 e. The Labute approximate surface area is 186 Å². The number of aryl methyl sites for hydroxylation is 2. The summed E-state index contributed by atoms with van der Waals surface area (Å²) >= 11 is 1.77. The zero-order valence-corrected chi connectivity index (χ0v) is 20.7. The largest absolute Gasteiger partial charge is 0.471 e. The third kappa shape index (κ3) is 14.2. The number of carbonyl (C=O) groups is 1. The van der Waals surface area contributed by atoms with Gasteiger partial charge in [0.25, 0.3) is 6.47 Å². The Bertz CT molecular complexity index is 642. The van der Waals surface area contributed by atoms with Gasteiger partial charge in [-0.3, -0.25) is 4.79 Å². The van der Waals surface area contributed by atoms with Crippen LogP contribution in [0.4, 0.5) is 0 Å². The molecule has 172 valence electrons. The predicted octanol–water partition coefficient (Wildman–Crippen LogP) is 5.37. The van der Waals surface area contributed by atoms with Gasteiger partial charge in [-0.25, -0.2) is 4.98 Å². The Morgan fingerprint density at radius 3 is 2.30 bits per heavy atom. The lowest BCUT2D eigenvalue weighted by Gasteiger charge is -2.14. The van der Waals surface area contributed by atoms with E-state index in [4.69, 9.17) is 9.32 Å². The fourth-order valence-electron chi connectivity index (χ4n) is 2.66. The molecule has 0 aromatic carbocycles. The maximum atomic E-state index is 8.95. The molecule has 1 saturated heterocycles. The van der Waals surface area contributed by atoms with Crippen LogP contribution >= 0.6 is 11.3 Å². The summed E-state index contributed by atoms with van der Waals surface area (Å²) in [6, 6.07) is 1.24. The highest BCUT2D eigenvalue weighted by molar-refractivity contribution is 7.09. The lowest BCUT2D eigenvalue weighted by atomic mass is 10.0.